The highest BCUT2D eigenvalue weighted by atomic mass is 16.5. The number of carbonyl (C=O) groups is 1. The molecule has 4 nitrogen and oxygen atoms in total. The van der Waals surface area contributed by atoms with Crippen molar-refractivity contribution in [1.29, 1.82) is 0 Å². The lowest BCUT2D eigenvalue weighted by Crippen LogP contribution is -2.36. The summed E-state index contributed by atoms with van der Waals surface area (Å²) in [6.45, 7) is 1.91. The topological polar surface area (TPSA) is 51.2 Å². The molecule has 2 atom stereocenters. The Morgan fingerprint density at radius 1 is 1.65 bits per heavy atom. The van der Waals surface area contributed by atoms with E-state index >= 15 is 0 Å². The fourth-order valence-corrected chi connectivity index (χ4v) is 2.45. The second kappa shape index (κ2) is 5.77. The number of nitrogens with one attached hydrogen (secondary N) is 1. The molecule has 1 aromatic rings. The van der Waals surface area contributed by atoms with Crippen molar-refractivity contribution in [3.63, 3.8) is 0 Å². The van der Waals surface area contributed by atoms with Crippen molar-refractivity contribution in [3.8, 4) is 0 Å². The van der Waals surface area contributed by atoms with E-state index in [0.29, 0.717) is 5.92 Å². The van der Waals surface area contributed by atoms with Gasteiger partial charge in [-0.2, -0.15) is 0 Å². The van der Waals surface area contributed by atoms with Crippen LogP contribution in [-0.4, -0.2) is 31.2 Å². The summed E-state index contributed by atoms with van der Waals surface area (Å²) in [5.74, 6) is -0.0476. The second-order valence-electron chi connectivity index (χ2n) is 4.39. The zero-order valence-corrected chi connectivity index (χ0v) is 10.1. The molecule has 1 aliphatic heterocycles. The number of methoxy groups -OCH3 is 1. The van der Waals surface area contributed by atoms with Gasteiger partial charge in [-0.15, -0.1) is 0 Å². The number of hydrogen-bond acceptors (Lipinski definition) is 4. The molecule has 0 bridgehead atoms. The van der Waals surface area contributed by atoms with Gasteiger partial charge in [0, 0.05) is 12.4 Å². The van der Waals surface area contributed by atoms with E-state index in [1.54, 1.807) is 12.4 Å². The zero-order valence-electron chi connectivity index (χ0n) is 10.1. The lowest BCUT2D eigenvalue weighted by atomic mass is 9.82. The predicted molar refractivity (Wildman–Crippen MR) is 64.6 cm³/mol. The first-order valence-corrected chi connectivity index (χ1v) is 6.01. The highest BCUT2D eigenvalue weighted by molar-refractivity contribution is 5.78. The summed E-state index contributed by atoms with van der Waals surface area (Å²) in [5.41, 5.74) is 0.952. The molecule has 0 amide bonds. The van der Waals surface area contributed by atoms with Gasteiger partial charge in [-0.3, -0.25) is 9.78 Å². The maximum absolute atomic E-state index is 11.9. The molecular weight excluding hydrogens is 216 g/mol. The molecule has 0 aromatic carbocycles. The summed E-state index contributed by atoms with van der Waals surface area (Å²) < 4.78 is 4.93. The fourth-order valence-electron chi connectivity index (χ4n) is 2.45. The second-order valence-corrected chi connectivity index (χ2v) is 4.39. The minimum absolute atomic E-state index is 0.160. The quantitative estimate of drug-likeness (QED) is 0.802. The molecule has 0 aliphatic carbocycles. The summed E-state index contributed by atoms with van der Waals surface area (Å²) >= 11 is 0. The van der Waals surface area contributed by atoms with E-state index < -0.39 is 0 Å². The zero-order chi connectivity index (χ0) is 12.1. The first kappa shape index (κ1) is 12.0. The summed E-state index contributed by atoms with van der Waals surface area (Å²) in [7, 11) is 1.45. The van der Waals surface area contributed by atoms with Crippen molar-refractivity contribution in [2.24, 2.45) is 5.92 Å². The fraction of sp³-hybridized carbons (Fsp3) is 0.538. The van der Waals surface area contributed by atoms with Crippen LogP contribution in [0.25, 0.3) is 0 Å². The normalized spacial score (nSPS) is 21.8. The number of pyridine rings is 1. The van der Waals surface area contributed by atoms with Crippen LogP contribution in [0.3, 0.4) is 0 Å². The molecule has 92 valence electrons. The maximum atomic E-state index is 11.9. The Kier molecular flexibility index (Phi) is 4.09. The third-order valence-electron chi connectivity index (χ3n) is 3.31. The summed E-state index contributed by atoms with van der Waals surface area (Å²) in [5, 5.41) is 3.34. The van der Waals surface area contributed by atoms with E-state index in [4.69, 9.17) is 4.74 Å². The number of nitrogens with zero attached hydrogens (tertiary/aromatic N) is 1. The summed E-state index contributed by atoms with van der Waals surface area (Å²) in [6.07, 6.45) is 5.65. The van der Waals surface area contributed by atoms with E-state index in [-0.39, 0.29) is 11.9 Å². The number of ether oxygens (including phenoxy) is 1. The third kappa shape index (κ3) is 2.82. The van der Waals surface area contributed by atoms with Crippen molar-refractivity contribution < 1.29 is 9.53 Å². The van der Waals surface area contributed by atoms with Crippen LogP contribution in [0.1, 0.15) is 24.3 Å². The van der Waals surface area contributed by atoms with Crippen molar-refractivity contribution in [1.82, 2.24) is 10.3 Å². The molecule has 2 rings (SSSR count). The minimum Gasteiger partial charge on any atom is -0.469 e. The van der Waals surface area contributed by atoms with E-state index in [9.17, 15) is 4.79 Å². The molecule has 1 N–H and O–H groups in total. The SMILES string of the molecule is COC(=O)C(c1cccnc1)C1CCCNC1. The Morgan fingerprint density at radius 3 is 3.12 bits per heavy atom. The molecule has 0 saturated carbocycles. The standard InChI is InChI=1S/C13H18N2O2/c1-17-13(16)12(10-4-2-6-14-8-10)11-5-3-7-15-9-11/h2,4,6,8,11-12,15H,3,5,7,9H2,1H3. The van der Waals surface area contributed by atoms with Crippen LogP contribution in [-0.2, 0) is 9.53 Å². The molecule has 2 unspecified atom stereocenters. The van der Waals surface area contributed by atoms with Crippen molar-refractivity contribution in [2.75, 3.05) is 20.2 Å². The van der Waals surface area contributed by atoms with Crippen LogP contribution in [0, 0.1) is 5.92 Å². The number of aromatic nitrogens is 1. The minimum atomic E-state index is -0.193. The summed E-state index contributed by atoms with van der Waals surface area (Å²) in [6, 6.07) is 3.81. The molecular formula is C13H18N2O2. The smallest absolute Gasteiger partial charge is 0.313 e. The third-order valence-corrected chi connectivity index (χ3v) is 3.31. The Balaban J connectivity index is 2.21. The average molecular weight is 234 g/mol. The molecule has 1 fully saturated rings. The highest BCUT2D eigenvalue weighted by Crippen LogP contribution is 2.30. The monoisotopic (exact) mass is 234 g/mol. The van der Waals surface area contributed by atoms with E-state index in [0.717, 1.165) is 31.5 Å². The van der Waals surface area contributed by atoms with Crippen molar-refractivity contribution in [2.45, 2.75) is 18.8 Å². The van der Waals surface area contributed by atoms with Gasteiger partial charge in [0.1, 0.15) is 0 Å². The first-order chi connectivity index (χ1) is 8.33. The number of esters is 1. The number of carbonyl (C=O) groups excluding carboxylic acids is 1. The number of piperidine rings is 1. The van der Waals surface area contributed by atoms with Gasteiger partial charge in [0.05, 0.1) is 13.0 Å². The van der Waals surface area contributed by atoms with Crippen molar-refractivity contribution >= 4 is 5.97 Å². The van der Waals surface area contributed by atoms with E-state index in [1.165, 1.54) is 7.11 Å². The van der Waals surface area contributed by atoms with Crippen LogP contribution >= 0.6 is 0 Å². The number of rotatable bonds is 3. The van der Waals surface area contributed by atoms with Crippen molar-refractivity contribution in [3.05, 3.63) is 30.1 Å². The number of hydrogen-bond donors (Lipinski definition) is 1. The Bertz CT molecular complexity index is 361. The Hall–Kier alpha value is -1.42. The van der Waals surface area contributed by atoms with Gasteiger partial charge in [-0.25, -0.2) is 0 Å². The molecule has 1 aliphatic rings. The maximum Gasteiger partial charge on any atom is 0.313 e. The van der Waals surface area contributed by atoms with Gasteiger partial charge in [0.15, 0.2) is 0 Å². The van der Waals surface area contributed by atoms with Gasteiger partial charge >= 0.3 is 5.97 Å². The average Bonchev–Trinajstić information content (AvgIpc) is 2.41. The van der Waals surface area contributed by atoms with E-state index in [2.05, 4.69) is 10.3 Å². The highest BCUT2D eigenvalue weighted by Gasteiger charge is 2.31. The molecule has 2 heterocycles. The largest absolute Gasteiger partial charge is 0.469 e. The molecule has 0 radical (unpaired) electrons. The molecule has 1 aromatic heterocycles. The lowest BCUT2D eigenvalue weighted by molar-refractivity contribution is -0.144. The molecule has 17 heavy (non-hydrogen) atoms. The van der Waals surface area contributed by atoms with Crippen LogP contribution in [0.4, 0.5) is 0 Å². The first-order valence-electron chi connectivity index (χ1n) is 6.01. The Labute approximate surface area is 101 Å². The predicted octanol–water partition coefficient (Wildman–Crippen LogP) is 1.34. The molecule has 1 saturated heterocycles. The molecule has 4 heteroatoms. The van der Waals surface area contributed by atoms with Crippen LogP contribution in [0.2, 0.25) is 0 Å². The van der Waals surface area contributed by atoms with Crippen LogP contribution in [0.15, 0.2) is 24.5 Å². The van der Waals surface area contributed by atoms with Gasteiger partial charge < -0.3 is 10.1 Å². The van der Waals surface area contributed by atoms with E-state index in [1.807, 2.05) is 12.1 Å². The van der Waals surface area contributed by atoms with Gasteiger partial charge in [0.25, 0.3) is 0 Å². The molecule has 0 spiro atoms. The van der Waals surface area contributed by atoms with Gasteiger partial charge in [-0.1, -0.05) is 6.07 Å². The van der Waals surface area contributed by atoms with Gasteiger partial charge in [-0.05, 0) is 43.5 Å². The van der Waals surface area contributed by atoms with Crippen LogP contribution < -0.4 is 5.32 Å². The van der Waals surface area contributed by atoms with Gasteiger partial charge in [0.2, 0.25) is 0 Å². The Morgan fingerprint density at radius 2 is 2.53 bits per heavy atom. The summed E-state index contributed by atoms with van der Waals surface area (Å²) in [4.78, 5) is 16.0. The van der Waals surface area contributed by atoms with Crippen LogP contribution in [0.5, 0.6) is 0 Å². The lowest BCUT2D eigenvalue weighted by Gasteiger charge is -2.29.